The number of benzene rings is 1. The average Bonchev–Trinajstić information content (AvgIpc) is 3.19. The van der Waals surface area contributed by atoms with Crippen LogP contribution in [0.5, 0.6) is 0 Å². The fourth-order valence-electron chi connectivity index (χ4n) is 2.61. The highest BCUT2D eigenvalue weighted by Gasteiger charge is 2.25. The van der Waals surface area contributed by atoms with Crippen molar-refractivity contribution in [3.8, 4) is 0 Å². The van der Waals surface area contributed by atoms with Crippen LogP contribution in [-0.4, -0.2) is 33.6 Å². The zero-order chi connectivity index (χ0) is 17.8. The summed E-state index contributed by atoms with van der Waals surface area (Å²) in [6.45, 7) is 0.251. The van der Waals surface area contributed by atoms with Gasteiger partial charge in [-0.05, 0) is 40.9 Å². The number of rotatable bonds is 7. The van der Waals surface area contributed by atoms with Gasteiger partial charge in [0.15, 0.2) is 0 Å². The number of amides is 1. The number of aromatic nitrogens is 1. The summed E-state index contributed by atoms with van der Waals surface area (Å²) < 4.78 is 2.46. The smallest absolute Gasteiger partial charge is 0.426 e. The quantitative estimate of drug-likeness (QED) is 0.542. The highest BCUT2D eigenvalue weighted by atomic mass is 32.1. The summed E-state index contributed by atoms with van der Waals surface area (Å²) in [7, 11) is -1.64. The van der Waals surface area contributed by atoms with E-state index >= 15 is 0 Å². The van der Waals surface area contributed by atoms with E-state index in [1.165, 1.54) is 11.3 Å². The SMILES string of the molecule is O=C(CCn1c(=O)sc2ccccc21)NC(Cc1ccsc1)B(O)O. The third-order valence-electron chi connectivity index (χ3n) is 3.88. The van der Waals surface area contributed by atoms with E-state index in [0.717, 1.165) is 27.1 Å². The number of nitrogens with one attached hydrogen (secondary N) is 1. The Morgan fingerprint density at radius 2 is 2.08 bits per heavy atom. The molecule has 0 saturated carbocycles. The molecule has 1 amide bonds. The third kappa shape index (κ3) is 4.37. The van der Waals surface area contributed by atoms with Gasteiger partial charge in [-0.3, -0.25) is 14.2 Å². The third-order valence-corrected chi connectivity index (χ3v) is 5.57. The predicted molar refractivity (Wildman–Crippen MR) is 101 cm³/mol. The fourth-order valence-corrected chi connectivity index (χ4v) is 4.21. The zero-order valence-electron chi connectivity index (χ0n) is 13.3. The van der Waals surface area contributed by atoms with Crippen molar-refractivity contribution < 1.29 is 14.8 Å². The summed E-state index contributed by atoms with van der Waals surface area (Å²) in [6, 6.07) is 9.32. The number of carbonyl (C=O) groups is 1. The summed E-state index contributed by atoms with van der Waals surface area (Å²) >= 11 is 2.66. The van der Waals surface area contributed by atoms with E-state index in [-0.39, 0.29) is 23.7 Å². The molecular weight excluding hydrogens is 359 g/mol. The van der Waals surface area contributed by atoms with Gasteiger partial charge in [0.2, 0.25) is 5.91 Å². The molecule has 0 aliphatic carbocycles. The number of fused-ring (bicyclic) bond motifs is 1. The van der Waals surface area contributed by atoms with Gasteiger partial charge in [-0.25, -0.2) is 0 Å². The second kappa shape index (κ2) is 7.96. The first kappa shape index (κ1) is 17.9. The fraction of sp³-hybridized carbons (Fsp3) is 0.250. The van der Waals surface area contributed by atoms with Crippen molar-refractivity contribution in [1.29, 1.82) is 0 Å². The van der Waals surface area contributed by atoms with Gasteiger partial charge in [-0.1, -0.05) is 23.5 Å². The summed E-state index contributed by atoms with van der Waals surface area (Å²) in [4.78, 5) is 24.1. The van der Waals surface area contributed by atoms with Gasteiger partial charge in [0, 0.05) is 13.0 Å². The molecule has 0 aliphatic heterocycles. The molecule has 130 valence electrons. The predicted octanol–water partition coefficient (Wildman–Crippen LogP) is 1.25. The molecule has 3 aromatic rings. The Morgan fingerprint density at radius 3 is 2.80 bits per heavy atom. The summed E-state index contributed by atoms with van der Waals surface area (Å²) in [6.07, 6.45) is 0.432. The number of para-hydroxylation sites is 1. The monoisotopic (exact) mass is 376 g/mol. The van der Waals surface area contributed by atoms with Crippen molar-refractivity contribution >= 4 is 45.9 Å². The van der Waals surface area contributed by atoms with Crippen LogP contribution in [0.25, 0.3) is 10.2 Å². The maximum Gasteiger partial charge on any atom is 0.475 e. The van der Waals surface area contributed by atoms with E-state index < -0.39 is 13.1 Å². The largest absolute Gasteiger partial charge is 0.475 e. The van der Waals surface area contributed by atoms with Gasteiger partial charge >= 0.3 is 12.0 Å². The summed E-state index contributed by atoms with van der Waals surface area (Å²) in [5.74, 6) is -1.10. The van der Waals surface area contributed by atoms with Crippen LogP contribution >= 0.6 is 22.7 Å². The number of thiophene rings is 1. The van der Waals surface area contributed by atoms with Crippen LogP contribution in [0.1, 0.15) is 12.0 Å². The van der Waals surface area contributed by atoms with Crippen LogP contribution < -0.4 is 10.2 Å². The van der Waals surface area contributed by atoms with Crippen LogP contribution in [-0.2, 0) is 17.8 Å². The lowest BCUT2D eigenvalue weighted by molar-refractivity contribution is -0.121. The van der Waals surface area contributed by atoms with Crippen LogP contribution in [0.4, 0.5) is 0 Å². The highest BCUT2D eigenvalue weighted by molar-refractivity contribution is 7.16. The molecule has 2 heterocycles. The molecule has 0 radical (unpaired) electrons. The second-order valence-corrected chi connectivity index (χ2v) is 7.43. The zero-order valence-corrected chi connectivity index (χ0v) is 14.9. The molecule has 3 rings (SSSR count). The maximum atomic E-state index is 12.2. The van der Waals surface area contributed by atoms with E-state index in [9.17, 15) is 19.6 Å². The van der Waals surface area contributed by atoms with E-state index in [4.69, 9.17) is 0 Å². The minimum absolute atomic E-state index is 0.0908. The normalized spacial score (nSPS) is 12.2. The molecule has 1 unspecified atom stereocenters. The number of carbonyl (C=O) groups excluding carboxylic acids is 1. The van der Waals surface area contributed by atoms with Crippen molar-refractivity contribution in [3.63, 3.8) is 0 Å². The molecule has 0 aliphatic rings. The second-order valence-electron chi connectivity index (χ2n) is 5.66. The Hall–Kier alpha value is -1.94. The van der Waals surface area contributed by atoms with E-state index in [0.29, 0.717) is 6.42 Å². The molecule has 0 fully saturated rings. The van der Waals surface area contributed by atoms with Crippen molar-refractivity contribution in [2.24, 2.45) is 0 Å². The van der Waals surface area contributed by atoms with E-state index in [1.807, 2.05) is 41.1 Å². The number of thiazole rings is 1. The van der Waals surface area contributed by atoms with Crippen molar-refractivity contribution in [1.82, 2.24) is 9.88 Å². The van der Waals surface area contributed by atoms with Gasteiger partial charge in [0.25, 0.3) is 0 Å². The molecular formula is C16H17BN2O4S2. The molecule has 2 aromatic heterocycles. The Labute approximate surface area is 152 Å². The molecule has 0 bridgehead atoms. The lowest BCUT2D eigenvalue weighted by Gasteiger charge is -2.17. The highest BCUT2D eigenvalue weighted by Crippen LogP contribution is 2.16. The lowest BCUT2D eigenvalue weighted by Crippen LogP contribution is -2.48. The molecule has 0 spiro atoms. The molecule has 3 N–H and O–H groups in total. The minimum Gasteiger partial charge on any atom is -0.426 e. The van der Waals surface area contributed by atoms with Gasteiger partial charge < -0.3 is 15.4 Å². The van der Waals surface area contributed by atoms with Crippen molar-refractivity contribution in [2.45, 2.75) is 25.3 Å². The molecule has 1 aromatic carbocycles. The van der Waals surface area contributed by atoms with Crippen molar-refractivity contribution in [3.05, 3.63) is 56.3 Å². The van der Waals surface area contributed by atoms with Gasteiger partial charge in [0.05, 0.1) is 16.2 Å². The lowest BCUT2D eigenvalue weighted by atomic mass is 9.76. The van der Waals surface area contributed by atoms with E-state index in [2.05, 4.69) is 5.32 Å². The molecule has 0 saturated heterocycles. The van der Waals surface area contributed by atoms with E-state index in [1.54, 1.807) is 4.57 Å². The summed E-state index contributed by atoms with van der Waals surface area (Å²) in [5, 5.41) is 25.4. The first-order valence-electron chi connectivity index (χ1n) is 7.79. The van der Waals surface area contributed by atoms with Crippen LogP contribution in [0.15, 0.2) is 45.9 Å². The van der Waals surface area contributed by atoms with Crippen molar-refractivity contribution in [2.75, 3.05) is 0 Å². The average molecular weight is 376 g/mol. The molecule has 25 heavy (non-hydrogen) atoms. The number of hydrogen-bond acceptors (Lipinski definition) is 6. The van der Waals surface area contributed by atoms with Gasteiger partial charge in [0.1, 0.15) is 0 Å². The Morgan fingerprint density at radius 1 is 1.28 bits per heavy atom. The minimum atomic E-state index is -1.64. The Bertz CT molecular complexity index is 904. The molecule has 9 heteroatoms. The number of nitrogens with zero attached hydrogens (tertiary/aromatic N) is 1. The molecule has 6 nitrogen and oxygen atoms in total. The van der Waals surface area contributed by atoms with Crippen LogP contribution in [0, 0.1) is 0 Å². The number of hydrogen-bond donors (Lipinski definition) is 3. The first-order valence-corrected chi connectivity index (χ1v) is 9.55. The molecule has 1 atom stereocenters. The van der Waals surface area contributed by atoms with Crippen LogP contribution in [0.3, 0.4) is 0 Å². The topological polar surface area (TPSA) is 91.6 Å². The summed E-state index contributed by atoms with van der Waals surface area (Å²) in [5.41, 5.74) is 1.74. The Balaban J connectivity index is 1.63. The number of aryl methyl sites for hydroxylation is 1. The van der Waals surface area contributed by atoms with Gasteiger partial charge in [-0.15, -0.1) is 0 Å². The maximum absolute atomic E-state index is 12.2. The van der Waals surface area contributed by atoms with Gasteiger partial charge in [-0.2, -0.15) is 11.3 Å². The van der Waals surface area contributed by atoms with Crippen LogP contribution in [0.2, 0.25) is 0 Å². The first-order chi connectivity index (χ1) is 12.0. The standard InChI is InChI=1S/C16H17BN2O4S2/c20-15(18-14(17(22)23)9-11-6-8-24-10-11)5-7-19-12-3-1-2-4-13(12)25-16(19)21/h1-4,6,8,10,14,22-23H,5,7,9H2,(H,18,20). The Kier molecular flexibility index (Phi) is 5.69.